The smallest absolute Gasteiger partial charge is 0.289 e. The van der Waals surface area contributed by atoms with Crippen molar-refractivity contribution < 1.29 is 18.7 Å². The number of furan rings is 1. The predicted octanol–water partition coefficient (Wildman–Crippen LogP) is 3.08. The van der Waals surface area contributed by atoms with Crippen LogP contribution in [0.25, 0.3) is 10.9 Å². The van der Waals surface area contributed by atoms with Crippen molar-refractivity contribution >= 4 is 22.7 Å². The van der Waals surface area contributed by atoms with Crippen molar-refractivity contribution in [3.8, 4) is 5.75 Å². The lowest BCUT2D eigenvalue weighted by Gasteiger charge is -2.22. The van der Waals surface area contributed by atoms with Gasteiger partial charge in [-0.15, -0.1) is 0 Å². The molecule has 0 spiro atoms. The zero-order chi connectivity index (χ0) is 20.5. The molecule has 0 radical (unpaired) electrons. The number of carbonyl (C=O) groups is 2. The highest BCUT2D eigenvalue weighted by molar-refractivity contribution is 6.08. The maximum Gasteiger partial charge on any atom is 0.289 e. The fourth-order valence-electron chi connectivity index (χ4n) is 3.99. The van der Waals surface area contributed by atoms with Gasteiger partial charge in [-0.2, -0.15) is 0 Å². The minimum Gasteiger partial charge on any atom is -0.497 e. The molecular formula is C22H25N3O4. The van der Waals surface area contributed by atoms with E-state index in [0.29, 0.717) is 37.5 Å². The van der Waals surface area contributed by atoms with E-state index in [1.807, 2.05) is 41.6 Å². The van der Waals surface area contributed by atoms with Gasteiger partial charge in [0.2, 0.25) is 0 Å². The molecule has 4 rings (SSSR count). The lowest BCUT2D eigenvalue weighted by Crippen LogP contribution is -2.37. The summed E-state index contributed by atoms with van der Waals surface area (Å²) in [7, 11) is 3.59. The highest BCUT2D eigenvalue weighted by Crippen LogP contribution is 2.30. The molecule has 0 saturated carbocycles. The second-order valence-corrected chi connectivity index (χ2v) is 7.32. The first-order valence-corrected chi connectivity index (χ1v) is 9.76. The molecule has 2 aromatic heterocycles. The quantitative estimate of drug-likeness (QED) is 0.684. The van der Waals surface area contributed by atoms with E-state index in [-0.39, 0.29) is 11.8 Å². The van der Waals surface area contributed by atoms with Gasteiger partial charge in [-0.3, -0.25) is 9.59 Å². The van der Waals surface area contributed by atoms with Crippen LogP contribution in [-0.2, 0) is 7.05 Å². The average Bonchev–Trinajstić information content (AvgIpc) is 3.26. The Bertz CT molecular complexity index is 1050. The van der Waals surface area contributed by atoms with Crippen LogP contribution in [-0.4, -0.2) is 59.5 Å². The molecule has 1 aliphatic heterocycles. The Morgan fingerprint density at radius 1 is 1.03 bits per heavy atom. The molecule has 0 N–H and O–H groups in total. The maximum absolute atomic E-state index is 13.5. The molecule has 0 unspecified atom stereocenters. The highest BCUT2D eigenvalue weighted by Gasteiger charge is 2.27. The van der Waals surface area contributed by atoms with E-state index in [1.54, 1.807) is 24.1 Å². The summed E-state index contributed by atoms with van der Waals surface area (Å²) >= 11 is 0. The molecule has 1 saturated heterocycles. The summed E-state index contributed by atoms with van der Waals surface area (Å²) in [5.41, 5.74) is 2.62. The van der Waals surface area contributed by atoms with Crippen LogP contribution in [0.4, 0.5) is 0 Å². The van der Waals surface area contributed by atoms with Gasteiger partial charge >= 0.3 is 0 Å². The van der Waals surface area contributed by atoms with E-state index in [0.717, 1.165) is 28.8 Å². The third-order valence-electron chi connectivity index (χ3n) is 5.72. The van der Waals surface area contributed by atoms with Crippen LogP contribution in [0, 0.1) is 6.92 Å². The maximum atomic E-state index is 13.5. The van der Waals surface area contributed by atoms with Crippen molar-refractivity contribution in [3.63, 3.8) is 0 Å². The monoisotopic (exact) mass is 395 g/mol. The zero-order valence-electron chi connectivity index (χ0n) is 17.0. The Morgan fingerprint density at radius 2 is 1.76 bits per heavy atom. The topological polar surface area (TPSA) is 67.9 Å². The minimum atomic E-state index is -0.129. The molecule has 7 heteroatoms. The molecule has 152 valence electrons. The molecule has 0 bridgehead atoms. The lowest BCUT2D eigenvalue weighted by molar-refractivity contribution is 0.0700. The number of hydrogen-bond acceptors (Lipinski definition) is 4. The van der Waals surface area contributed by atoms with Crippen molar-refractivity contribution in [2.75, 3.05) is 33.3 Å². The van der Waals surface area contributed by atoms with Crippen molar-refractivity contribution in [3.05, 3.63) is 53.6 Å². The summed E-state index contributed by atoms with van der Waals surface area (Å²) in [5.74, 6) is 0.925. The Kier molecular flexibility index (Phi) is 5.05. The van der Waals surface area contributed by atoms with Gasteiger partial charge in [0, 0.05) is 49.8 Å². The molecule has 0 atom stereocenters. The summed E-state index contributed by atoms with van der Waals surface area (Å²) in [6, 6.07) is 9.17. The van der Waals surface area contributed by atoms with Crippen LogP contribution in [0.15, 0.2) is 41.0 Å². The van der Waals surface area contributed by atoms with Crippen LogP contribution < -0.4 is 4.74 Å². The Morgan fingerprint density at radius 3 is 2.41 bits per heavy atom. The fourth-order valence-corrected chi connectivity index (χ4v) is 3.99. The van der Waals surface area contributed by atoms with Crippen molar-refractivity contribution in [1.82, 2.24) is 14.4 Å². The van der Waals surface area contributed by atoms with Crippen LogP contribution >= 0.6 is 0 Å². The first-order valence-electron chi connectivity index (χ1n) is 9.76. The van der Waals surface area contributed by atoms with Crippen LogP contribution in [0.1, 0.15) is 33.0 Å². The Labute approximate surface area is 169 Å². The fraction of sp³-hybridized carbons (Fsp3) is 0.364. The van der Waals surface area contributed by atoms with E-state index in [4.69, 9.17) is 9.15 Å². The summed E-state index contributed by atoms with van der Waals surface area (Å²) < 4.78 is 12.6. The predicted molar refractivity (Wildman–Crippen MR) is 109 cm³/mol. The molecule has 29 heavy (non-hydrogen) atoms. The van der Waals surface area contributed by atoms with Gasteiger partial charge in [0.15, 0.2) is 5.76 Å². The number of carbonyl (C=O) groups excluding carboxylic acids is 2. The summed E-state index contributed by atoms with van der Waals surface area (Å²) in [4.78, 5) is 29.6. The number of ether oxygens (including phenoxy) is 1. The summed E-state index contributed by atoms with van der Waals surface area (Å²) in [6.07, 6.45) is 2.23. The normalized spacial score (nSPS) is 14.9. The molecule has 3 aromatic rings. The second-order valence-electron chi connectivity index (χ2n) is 7.32. The first-order chi connectivity index (χ1) is 14.0. The largest absolute Gasteiger partial charge is 0.497 e. The number of hydrogen-bond donors (Lipinski definition) is 0. The van der Waals surface area contributed by atoms with Crippen molar-refractivity contribution in [2.45, 2.75) is 13.3 Å². The van der Waals surface area contributed by atoms with E-state index >= 15 is 0 Å². The van der Waals surface area contributed by atoms with Crippen molar-refractivity contribution in [2.24, 2.45) is 7.05 Å². The minimum absolute atomic E-state index is 0.00588. The van der Waals surface area contributed by atoms with Crippen LogP contribution in [0.3, 0.4) is 0 Å². The lowest BCUT2D eigenvalue weighted by atomic mass is 10.1. The second kappa shape index (κ2) is 7.66. The van der Waals surface area contributed by atoms with Gasteiger partial charge in [0.05, 0.1) is 18.9 Å². The highest BCUT2D eigenvalue weighted by atomic mass is 16.5. The molecule has 1 aromatic carbocycles. The van der Waals surface area contributed by atoms with Gasteiger partial charge < -0.3 is 23.5 Å². The SMILES string of the molecule is COc1ccc2c(c1)c(C(=O)N1CCCN(C(=O)c3ccco3)CC1)c(C)n2C. The molecule has 2 amide bonds. The van der Waals surface area contributed by atoms with E-state index in [9.17, 15) is 9.59 Å². The molecule has 7 nitrogen and oxygen atoms in total. The molecule has 0 aliphatic carbocycles. The number of benzene rings is 1. The first kappa shape index (κ1) is 19.1. The molecule has 1 aliphatic rings. The van der Waals surface area contributed by atoms with Gasteiger partial charge in [-0.1, -0.05) is 0 Å². The number of methoxy groups -OCH3 is 1. The number of aryl methyl sites for hydroxylation is 1. The van der Waals surface area contributed by atoms with E-state index in [2.05, 4.69) is 0 Å². The van der Waals surface area contributed by atoms with Gasteiger partial charge in [0.25, 0.3) is 11.8 Å². The standard InChI is InChI=1S/C22H25N3O4/c1-15-20(17-14-16(28-3)7-8-18(17)23(15)2)22(27)25-10-5-9-24(11-12-25)21(26)19-6-4-13-29-19/h4,6-8,13-14H,5,9-12H2,1-3H3. The summed E-state index contributed by atoms with van der Waals surface area (Å²) in [6.45, 7) is 4.15. The average molecular weight is 395 g/mol. The number of fused-ring (bicyclic) bond motifs is 1. The molecular weight excluding hydrogens is 370 g/mol. The number of rotatable bonds is 3. The van der Waals surface area contributed by atoms with Crippen LogP contribution in [0.5, 0.6) is 5.75 Å². The zero-order valence-corrected chi connectivity index (χ0v) is 17.0. The van der Waals surface area contributed by atoms with Gasteiger partial charge in [0.1, 0.15) is 5.75 Å². The Hall–Kier alpha value is -3.22. The Balaban J connectivity index is 1.59. The summed E-state index contributed by atoms with van der Waals surface area (Å²) in [5, 5.41) is 0.891. The number of aromatic nitrogens is 1. The van der Waals surface area contributed by atoms with Crippen LogP contribution in [0.2, 0.25) is 0 Å². The number of amides is 2. The van der Waals surface area contributed by atoms with Gasteiger partial charge in [-0.05, 0) is 43.7 Å². The third-order valence-corrected chi connectivity index (χ3v) is 5.72. The van der Waals surface area contributed by atoms with E-state index in [1.165, 1.54) is 6.26 Å². The van der Waals surface area contributed by atoms with E-state index < -0.39 is 0 Å². The third kappa shape index (κ3) is 3.37. The van der Waals surface area contributed by atoms with Crippen molar-refractivity contribution in [1.29, 1.82) is 0 Å². The molecule has 3 heterocycles. The number of nitrogens with zero attached hydrogens (tertiary/aromatic N) is 3. The molecule has 1 fully saturated rings. The van der Waals surface area contributed by atoms with Gasteiger partial charge in [-0.25, -0.2) is 0 Å².